The highest BCUT2D eigenvalue weighted by Gasteiger charge is 2.31. The number of sulfonamides is 1. The summed E-state index contributed by atoms with van der Waals surface area (Å²) >= 11 is 0. The van der Waals surface area contributed by atoms with E-state index in [1.807, 2.05) is 0 Å². The van der Waals surface area contributed by atoms with Crippen LogP contribution in [0.3, 0.4) is 0 Å². The molecule has 1 aliphatic heterocycles. The molecule has 1 saturated heterocycles. The number of hydrogen-bond acceptors (Lipinski definition) is 3. The van der Waals surface area contributed by atoms with Crippen LogP contribution in [0.2, 0.25) is 0 Å². The first-order valence-corrected chi connectivity index (χ1v) is 8.14. The predicted octanol–water partition coefficient (Wildman–Crippen LogP) is 1.45. The number of nitrogens with zero attached hydrogens (tertiary/aromatic N) is 1. The summed E-state index contributed by atoms with van der Waals surface area (Å²) in [6.45, 7) is 5.22. The maximum absolute atomic E-state index is 12.6. The van der Waals surface area contributed by atoms with E-state index in [2.05, 4.69) is 13.8 Å². The zero-order valence-corrected chi connectivity index (χ0v) is 12.6. The van der Waals surface area contributed by atoms with E-state index < -0.39 is 15.9 Å². The standard InChI is InChI=1S/C14H20N2O3S/c1-10-7-11(2)9-16(8-10)20(18,19)13-5-3-12(4-6-13)14(15)17/h3-6,10-11H,7-9H2,1-2H3,(H2,15,17)/t10-,11+. The van der Waals surface area contributed by atoms with Crippen molar-refractivity contribution < 1.29 is 13.2 Å². The topological polar surface area (TPSA) is 80.5 Å². The number of amides is 1. The molecule has 2 rings (SSSR count). The van der Waals surface area contributed by atoms with E-state index in [0.717, 1.165) is 6.42 Å². The average molecular weight is 296 g/mol. The summed E-state index contributed by atoms with van der Waals surface area (Å²) in [5.41, 5.74) is 5.46. The molecular formula is C14H20N2O3S. The highest BCUT2D eigenvalue weighted by Crippen LogP contribution is 2.26. The molecule has 0 bridgehead atoms. The van der Waals surface area contributed by atoms with Crippen LogP contribution in [0.4, 0.5) is 0 Å². The molecule has 1 aromatic carbocycles. The third kappa shape index (κ3) is 3.02. The SMILES string of the molecule is C[C@@H]1C[C@H](C)CN(S(=O)(=O)c2ccc(C(N)=O)cc2)C1. The molecule has 2 atom stereocenters. The van der Waals surface area contributed by atoms with E-state index in [9.17, 15) is 13.2 Å². The lowest BCUT2D eigenvalue weighted by molar-refractivity contribution is 0.1000. The molecule has 2 N–H and O–H groups in total. The Morgan fingerprint density at radius 3 is 2.10 bits per heavy atom. The number of primary amides is 1. The summed E-state index contributed by atoms with van der Waals surface area (Å²) in [6.07, 6.45) is 1.05. The highest BCUT2D eigenvalue weighted by atomic mass is 32.2. The van der Waals surface area contributed by atoms with Gasteiger partial charge < -0.3 is 5.73 Å². The van der Waals surface area contributed by atoms with E-state index in [1.165, 1.54) is 28.6 Å². The van der Waals surface area contributed by atoms with Gasteiger partial charge in [0.05, 0.1) is 4.90 Å². The second-order valence-electron chi connectivity index (χ2n) is 5.66. The van der Waals surface area contributed by atoms with E-state index >= 15 is 0 Å². The van der Waals surface area contributed by atoms with Crippen molar-refractivity contribution in [3.8, 4) is 0 Å². The second-order valence-corrected chi connectivity index (χ2v) is 7.59. The quantitative estimate of drug-likeness (QED) is 0.916. The van der Waals surface area contributed by atoms with Gasteiger partial charge in [-0.2, -0.15) is 4.31 Å². The number of benzene rings is 1. The van der Waals surface area contributed by atoms with E-state index in [0.29, 0.717) is 30.5 Å². The molecule has 1 aromatic rings. The first-order chi connectivity index (χ1) is 9.30. The van der Waals surface area contributed by atoms with Gasteiger partial charge in [-0.1, -0.05) is 13.8 Å². The second kappa shape index (κ2) is 5.54. The fourth-order valence-electron chi connectivity index (χ4n) is 2.74. The summed E-state index contributed by atoms with van der Waals surface area (Å²) in [4.78, 5) is 11.2. The Morgan fingerprint density at radius 1 is 1.15 bits per heavy atom. The molecule has 0 spiro atoms. The Bertz CT molecular complexity index is 585. The molecule has 1 amide bonds. The van der Waals surface area contributed by atoms with E-state index in [-0.39, 0.29) is 4.90 Å². The Hall–Kier alpha value is -1.40. The van der Waals surface area contributed by atoms with Gasteiger partial charge in [0.1, 0.15) is 0 Å². The summed E-state index contributed by atoms with van der Waals surface area (Å²) in [7, 11) is -3.49. The van der Waals surface area contributed by atoms with Gasteiger partial charge in [-0.3, -0.25) is 4.79 Å². The maximum Gasteiger partial charge on any atom is 0.248 e. The third-order valence-electron chi connectivity index (χ3n) is 3.61. The van der Waals surface area contributed by atoms with Crippen molar-refractivity contribution in [3.05, 3.63) is 29.8 Å². The van der Waals surface area contributed by atoms with Crippen LogP contribution in [-0.2, 0) is 10.0 Å². The fourth-order valence-corrected chi connectivity index (χ4v) is 4.42. The summed E-state index contributed by atoms with van der Waals surface area (Å²) in [6, 6.07) is 5.79. The van der Waals surface area contributed by atoms with Crippen molar-refractivity contribution in [3.63, 3.8) is 0 Å². The molecule has 0 saturated carbocycles. The number of carbonyl (C=O) groups excluding carboxylic acids is 1. The van der Waals surface area contributed by atoms with Gasteiger partial charge in [-0.25, -0.2) is 8.42 Å². The van der Waals surface area contributed by atoms with Crippen molar-refractivity contribution >= 4 is 15.9 Å². The molecule has 0 unspecified atom stereocenters. The molecule has 1 aliphatic rings. The number of carbonyl (C=O) groups is 1. The van der Waals surface area contributed by atoms with Crippen molar-refractivity contribution in [2.24, 2.45) is 17.6 Å². The molecule has 0 radical (unpaired) electrons. The minimum Gasteiger partial charge on any atom is -0.366 e. The van der Waals surface area contributed by atoms with E-state index in [1.54, 1.807) is 0 Å². The smallest absolute Gasteiger partial charge is 0.248 e. The number of hydrogen-bond donors (Lipinski definition) is 1. The largest absolute Gasteiger partial charge is 0.366 e. The van der Waals surface area contributed by atoms with E-state index in [4.69, 9.17) is 5.73 Å². The van der Waals surface area contributed by atoms with Gasteiger partial charge in [0.2, 0.25) is 15.9 Å². The Labute approximate surface area is 119 Å². The molecule has 6 heteroatoms. The fraction of sp³-hybridized carbons (Fsp3) is 0.500. The molecule has 0 aliphatic carbocycles. The van der Waals surface area contributed by atoms with Gasteiger partial charge in [0.25, 0.3) is 0 Å². The zero-order valence-electron chi connectivity index (χ0n) is 11.7. The monoisotopic (exact) mass is 296 g/mol. The van der Waals surface area contributed by atoms with Gasteiger partial charge >= 0.3 is 0 Å². The van der Waals surface area contributed by atoms with Crippen LogP contribution in [-0.4, -0.2) is 31.7 Å². The van der Waals surface area contributed by atoms with Gasteiger partial charge in [0, 0.05) is 18.7 Å². The summed E-state index contributed by atoms with van der Waals surface area (Å²) in [5.74, 6) is 0.158. The summed E-state index contributed by atoms with van der Waals surface area (Å²) in [5, 5.41) is 0. The highest BCUT2D eigenvalue weighted by molar-refractivity contribution is 7.89. The minimum atomic E-state index is -3.49. The van der Waals surface area contributed by atoms with Crippen molar-refractivity contribution in [2.45, 2.75) is 25.2 Å². The minimum absolute atomic E-state index is 0.212. The average Bonchev–Trinajstić information content (AvgIpc) is 2.37. The molecule has 20 heavy (non-hydrogen) atoms. The normalized spacial score (nSPS) is 24.5. The lowest BCUT2D eigenvalue weighted by Crippen LogP contribution is -2.42. The third-order valence-corrected chi connectivity index (χ3v) is 5.46. The zero-order chi connectivity index (χ0) is 14.9. The van der Waals surface area contributed by atoms with Crippen LogP contribution in [0.5, 0.6) is 0 Å². The molecule has 0 aromatic heterocycles. The van der Waals surface area contributed by atoms with Crippen LogP contribution < -0.4 is 5.73 Å². The summed E-state index contributed by atoms with van der Waals surface area (Å²) < 4.78 is 26.7. The van der Waals surface area contributed by atoms with Crippen LogP contribution in [0.15, 0.2) is 29.2 Å². The van der Waals surface area contributed by atoms with Crippen molar-refractivity contribution in [1.82, 2.24) is 4.31 Å². The number of piperidine rings is 1. The number of nitrogens with two attached hydrogens (primary N) is 1. The van der Waals surface area contributed by atoms with Crippen molar-refractivity contribution in [1.29, 1.82) is 0 Å². The Kier molecular flexibility index (Phi) is 4.15. The molecule has 110 valence electrons. The predicted molar refractivity (Wildman–Crippen MR) is 76.7 cm³/mol. The maximum atomic E-state index is 12.6. The first-order valence-electron chi connectivity index (χ1n) is 6.70. The number of rotatable bonds is 3. The Morgan fingerprint density at radius 2 is 1.65 bits per heavy atom. The van der Waals surface area contributed by atoms with Crippen LogP contribution in [0.1, 0.15) is 30.6 Å². The van der Waals surface area contributed by atoms with Gasteiger partial charge in [0.15, 0.2) is 0 Å². The molecule has 5 nitrogen and oxygen atoms in total. The molecule has 1 heterocycles. The van der Waals surface area contributed by atoms with Crippen molar-refractivity contribution in [2.75, 3.05) is 13.1 Å². The van der Waals surface area contributed by atoms with Gasteiger partial charge in [-0.05, 0) is 42.5 Å². The molecular weight excluding hydrogens is 276 g/mol. The van der Waals surface area contributed by atoms with Gasteiger partial charge in [-0.15, -0.1) is 0 Å². The van der Waals surface area contributed by atoms with Crippen LogP contribution in [0, 0.1) is 11.8 Å². The lowest BCUT2D eigenvalue weighted by Gasteiger charge is -2.34. The van der Waals surface area contributed by atoms with Crippen LogP contribution >= 0.6 is 0 Å². The molecule has 1 fully saturated rings. The Balaban J connectivity index is 2.27. The van der Waals surface area contributed by atoms with Crippen LogP contribution in [0.25, 0.3) is 0 Å². The lowest BCUT2D eigenvalue weighted by atomic mass is 9.94. The first kappa shape index (κ1) is 15.0.